The van der Waals surface area contributed by atoms with Gasteiger partial charge in [0.15, 0.2) is 5.76 Å². The van der Waals surface area contributed by atoms with Gasteiger partial charge in [-0.3, -0.25) is 0 Å². The lowest BCUT2D eigenvalue weighted by Crippen LogP contribution is -2.27. The van der Waals surface area contributed by atoms with Crippen molar-refractivity contribution in [3.63, 3.8) is 0 Å². The molecule has 2 aromatic rings. The maximum atomic E-state index is 5.40. The van der Waals surface area contributed by atoms with E-state index in [0.29, 0.717) is 6.04 Å². The van der Waals surface area contributed by atoms with Gasteiger partial charge in [0.05, 0.1) is 13.7 Å². The number of ether oxygens (including phenoxy) is 1. The second-order valence-electron chi connectivity index (χ2n) is 4.82. The monoisotopic (exact) mass is 290 g/mol. The van der Waals surface area contributed by atoms with Crippen molar-refractivity contribution in [3.8, 4) is 17.0 Å². The lowest BCUT2D eigenvalue weighted by Gasteiger charge is -2.08. The van der Waals surface area contributed by atoms with Crippen LogP contribution in [-0.4, -0.2) is 29.8 Å². The van der Waals surface area contributed by atoms with E-state index in [1.807, 2.05) is 42.1 Å². The smallest absolute Gasteiger partial charge is 0.151 e. The van der Waals surface area contributed by atoms with Gasteiger partial charge in [-0.2, -0.15) is 11.8 Å². The predicted octanol–water partition coefficient (Wildman–Crippen LogP) is 2.95. The van der Waals surface area contributed by atoms with E-state index in [9.17, 15) is 0 Å². The number of aromatic nitrogens is 1. The van der Waals surface area contributed by atoms with Crippen molar-refractivity contribution in [2.75, 3.05) is 18.6 Å². The Morgan fingerprint density at radius 1 is 1.45 bits per heavy atom. The van der Waals surface area contributed by atoms with E-state index in [0.717, 1.165) is 29.3 Å². The van der Waals surface area contributed by atoms with Crippen LogP contribution in [0, 0.1) is 0 Å². The summed E-state index contributed by atoms with van der Waals surface area (Å²) in [6.07, 6.45) is 1.23. The summed E-state index contributed by atoms with van der Waals surface area (Å²) in [5, 5.41) is 7.65. The average Bonchev–Trinajstić information content (AvgIpc) is 3.16. The van der Waals surface area contributed by atoms with Crippen LogP contribution in [0.1, 0.15) is 12.2 Å². The molecule has 0 bridgehead atoms. The summed E-state index contributed by atoms with van der Waals surface area (Å²) in [6.45, 7) is 0.730. The van der Waals surface area contributed by atoms with E-state index >= 15 is 0 Å². The normalized spacial score (nSPS) is 18.4. The Kier molecular flexibility index (Phi) is 4.28. The van der Waals surface area contributed by atoms with Crippen LogP contribution in [0.3, 0.4) is 0 Å². The minimum Gasteiger partial charge on any atom is -0.496 e. The molecule has 2 heterocycles. The Morgan fingerprint density at radius 2 is 2.35 bits per heavy atom. The zero-order chi connectivity index (χ0) is 13.8. The first-order valence-corrected chi connectivity index (χ1v) is 7.92. The molecule has 1 unspecified atom stereocenters. The van der Waals surface area contributed by atoms with Crippen LogP contribution in [0.25, 0.3) is 11.3 Å². The molecular weight excluding hydrogens is 272 g/mol. The molecule has 1 aromatic heterocycles. The summed E-state index contributed by atoms with van der Waals surface area (Å²) in [7, 11) is 1.67. The highest BCUT2D eigenvalue weighted by molar-refractivity contribution is 7.99. The van der Waals surface area contributed by atoms with Gasteiger partial charge in [0.1, 0.15) is 11.4 Å². The third-order valence-corrected chi connectivity index (χ3v) is 4.60. The van der Waals surface area contributed by atoms with Crippen LogP contribution in [0.2, 0.25) is 0 Å². The summed E-state index contributed by atoms with van der Waals surface area (Å²) in [4.78, 5) is 0. The summed E-state index contributed by atoms with van der Waals surface area (Å²) in [5.74, 6) is 4.11. The number of para-hydroxylation sites is 1. The highest BCUT2D eigenvalue weighted by Gasteiger charge is 2.16. The molecule has 1 aliphatic heterocycles. The minimum atomic E-state index is 0.597. The Morgan fingerprint density at radius 3 is 3.15 bits per heavy atom. The molecule has 1 aliphatic rings. The predicted molar refractivity (Wildman–Crippen MR) is 81.1 cm³/mol. The number of thioether (sulfide) groups is 1. The molecule has 0 aliphatic carbocycles. The van der Waals surface area contributed by atoms with Crippen LogP contribution in [0.5, 0.6) is 5.75 Å². The number of hydrogen-bond donors (Lipinski definition) is 1. The molecule has 4 nitrogen and oxygen atoms in total. The minimum absolute atomic E-state index is 0.597. The van der Waals surface area contributed by atoms with Crippen LogP contribution in [0.15, 0.2) is 34.9 Å². The molecule has 1 saturated heterocycles. The average molecular weight is 290 g/mol. The quantitative estimate of drug-likeness (QED) is 0.917. The summed E-state index contributed by atoms with van der Waals surface area (Å²) in [6, 6.07) is 10.4. The number of methoxy groups -OCH3 is 1. The fourth-order valence-electron chi connectivity index (χ4n) is 2.32. The Labute approximate surface area is 122 Å². The van der Waals surface area contributed by atoms with E-state index in [1.54, 1.807) is 7.11 Å². The lowest BCUT2D eigenvalue weighted by molar-refractivity contribution is 0.366. The molecule has 0 saturated carbocycles. The van der Waals surface area contributed by atoms with E-state index in [-0.39, 0.29) is 0 Å². The highest BCUT2D eigenvalue weighted by Crippen LogP contribution is 2.29. The molecule has 20 heavy (non-hydrogen) atoms. The van der Waals surface area contributed by atoms with Gasteiger partial charge < -0.3 is 14.6 Å². The molecule has 0 spiro atoms. The zero-order valence-corrected chi connectivity index (χ0v) is 12.3. The van der Waals surface area contributed by atoms with Gasteiger partial charge in [-0.25, -0.2) is 0 Å². The number of hydrogen-bond acceptors (Lipinski definition) is 5. The van der Waals surface area contributed by atoms with Crippen LogP contribution >= 0.6 is 11.8 Å². The molecular formula is C15H18N2O2S. The molecule has 1 fully saturated rings. The summed E-state index contributed by atoms with van der Waals surface area (Å²) < 4.78 is 10.8. The zero-order valence-electron chi connectivity index (χ0n) is 11.5. The van der Waals surface area contributed by atoms with Gasteiger partial charge in [0, 0.05) is 23.4 Å². The number of nitrogens with zero attached hydrogens (tertiary/aromatic N) is 1. The van der Waals surface area contributed by atoms with Crippen LogP contribution in [0.4, 0.5) is 0 Å². The molecule has 0 amide bonds. The Hall–Kier alpha value is -1.46. The molecule has 0 radical (unpaired) electrons. The van der Waals surface area contributed by atoms with E-state index < -0.39 is 0 Å². The van der Waals surface area contributed by atoms with Crippen molar-refractivity contribution in [1.29, 1.82) is 0 Å². The van der Waals surface area contributed by atoms with E-state index in [2.05, 4.69) is 10.5 Å². The van der Waals surface area contributed by atoms with Crippen molar-refractivity contribution >= 4 is 11.8 Å². The van der Waals surface area contributed by atoms with Gasteiger partial charge in [-0.05, 0) is 24.3 Å². The Bertz CT molecular complexity index is 565. The SMILES string of the molecule is COc1ccccc1-c1cc(CNC2CCSC2)on1. The third-order valence-electron chi connectivity index (χ3n) is 3.44. The van der Waals surface area contributed by atoms with Gasteiger partial charge in [0.25, 0.3) is 0 Å². The second kappa shape index (κ2) is 6.33. The Balaban J connectivity index is 1.69. The largest absolute Gasteiger partial charge is 0.496 e. The number of benzene rings is 1. The first kappa shape index (κ1) is 13.5. The summed E-state index contributed by atoms with van der Waals surface area (Å²) in [5.41, 5.74) is 1.78. The van der Waals surface area contributed by atoms with Crippen LogP contribution in [-0.2, 0) is 6.54 Å². The van der Waals surface area contributed by atoms with Crippen molar-refractivity contribution in [1.82, 2.24) is 10.5 Å². The molecule has 1 aromatic carbocycles. The topological polar surface area (TPSA) is 47.3 Å². The summed E-state index contributed by atoms with van der Waals surface area (Å²) >= 11 is 2.00. The van der Waals surface area contributed by atoms with Crippen molar-refractivity contribution < 1.29 is 9.26 Å². The van der Waals surface area contributed by atoms with Crippen LogP contribution < -0.4 is 10.1 Å². The lowest BCUT2D eigenvalue weighted by atomic mass is 10.1. The second-order valence-corrected chi connectivity index (χ2v) is 5.97. The van der Waals surface area contributed by atoms with E-state index in [4.69, 9.17) is 9.26 Å². The maximum Gasteiger partial charge on any atom is 0.151 e. The number of rotatable bonds is 5. The molecule has 1 atom stereocenters. The van der Waals surface area contributed by atoms with Crippen molar-refractivity contribution in [2.24, 2.45) is 0 Å². The van der Waals surface area contributed by atoms with Gasteiger partial charge in [0.2, 0.25) is 0 Å². The van der Waals surface area contributed by atoms with E-state index in [1.165, 1.54) is 17.9 Å². The molecule has 1 N–H and O–H groups in total. The first-order valence-electron chi connectivity index (χ1n) is 6.77. The third kappa shape index (κ3) is 2.99. The van der Waals surface area contributed by atoms with Gasteiger partial charge >= 0.3 is 0 Å². The maximum absolute atomic E-state index is 5.40. The molecule has 5 heteroatoms. The highest BCUT2D eigenvalue weighted by atomic mass is 32.2. The number of nitrogens with one attached hydrogen (secondary N) is 1. The fraction of sp³-hybridized carbons (Fsp3) is 0.400. The van der Waals surface area contributed by atoms with Crippen molar-refractivity contribution in [3.05, 3.63) is 36.1 Å². The van der Waals surface area contributed by atoms with Gasteiger partial charge in [-0.15, -0.1) is 0 Å². The first-order chi connectivity index (χ1) is 9.86. The molecule has 3 rings (SSSR count). The fourth-order valence-corrected chi connectivity index (χ4v) is 3.51. The molecule has 106 valence electrons. The van der Waals surface area contributed by atoms with Gasteiger partial charge in [-0.1, -0.05) is 17.3 Å². The van der Waals surface area contributed by atoms with Crippen molar-refractivity contribution in [2.45, 2.75) is 19.0 Å². The standard InChI is InChI=1S/C15H18N2O2S/c1-18-15-5-3-2-4-13(15)14-8-12(19-17-14)9-16-11-6-7-20-10-11/h2-5,8,11,16H,6-7,9-10H2,1H3.